The molecule has 72 valence electrons. The lowest BCUT2D eigenvalue weighted by molar-refractivity contribution is 0.0942. The topological polar surface area (TPSA) is 36.1 Å². The number of hydrogen-bond acceptors (Lipinski definition) is 2. The SMILES string of the molecule is CCCN(C)CC(=O)c1ccc[nH]1. The molecule has 1 aromatic heterocycles. The molecule has 0 aromatic carbocycles. The summed E-state index contributed by atoms with van der Waals surface area (Å²) in [6.45, 7) is 3.57. The van der Waals surface area contributed by atoms with Gasteiger partial charge in [-0.2, -0.15) is 0 Å². The molecule has 1 N–H and O–H groups in total. The minimum Gasteiger partial charge on any atom is -0.359 e. The van der Waals surface area contributed by atoms with Crippen molar-refractivity contribution in [2.24, 2.45) is 0 Å². The van der Waals surface area contributed by atoms with Crippen LogP contribution in [0.15, 0.2) is 18.3 Å². The maximum atomic E-state index is 11.5. The van der Waals surface area contributed by atoms with Gasteiger partial charge in [0.15, 0.2) is 5.78 Å². The van der Waals surface area contributed by atoms with Gasteiger partial charge < -0.3 is 4.98 Å². The van der Waals surface area contributed by atoms with E-state index < -0.39 is 0 Å². The van der Waals surface area contributed by atoms with E-state index in [1.54, 1.807) is 6.20 Å². The van der Waals surface area contributed by atoms with Crippen molar-refractivity contribution in [2.45, 2.75) is 13.3 Å². The third-order valence-electron chi connectivity index (χ3n) is 1.92. The van der Waals surface area contributed by atoms with E-state index in [4.69, 9.17) is 0 Å². The molecule has 0 atom stereocenters. The smallest absolute Gasteiger partial charge is 0.192 e. The van der Waals surface area contributed by atoms with Gasteiger partial charge in [-0.25, -0.2) is 0 Å². The van der Waals surface area contributed by atoms with Gasteiger partial charge in [0.05, 0.1) is 12.2 Å². The van der Waals surface area contributed by atoms with Crippen LogP contribution in [0.25, 0.3) is 0 Å². The normalized spacial score (nSPS) is 10.7. The quantitative estimate of drug-likeness (QED) is 0.698. The monoisotopic (exact) mass is 180 g/mol. The molecule has 13 heavy (non-hydrogen) atoms. The number of nitrogens with zero attached hydrogens (tertiary/aromatic N) is 1. The molecule has 0 saturated heterocycles. The summed E-state index contributed by atoms with van der Waals surface area (Å²) in [5.41, 5.74) is 0.697. The van der Waals surface area contributed by atoms with Gasteiger partial charge in [-0.3, -0.25) is 9.69 Å². The highest BCUT2D eigenvalue weighted by Gasteiger charge is 2.08. The largest absolute Gasteiger partial charge is 0.359 e. The second kappa shape index (κ2) is 4.82. The second-order valence-corrected chi connectivity index (χ2v) is 3.24. The third-order valence-corrected chi connectivity index (χ3v) is 1.92. The van der Waals surface area contributed by atoms with Crippen LogP contribution in [0.1, 0.15) is 23.8 Å². The van der Waals surface area contributed by atoms with E-state index in [9.17, 15) is 4.79 Å². The minimum absolute atomic E-state index is 0.154. The van der Waals surface area contributed by atoms with Crippen molar-refractivity contribution in [1.29, 1.82) is 0 Å². The van der Waals surface area contributed by atoms with Crippen molar-refractivity contribution in [3.63, 3.8) is 0 Å². The summed E-state index contributed by atoms with van der Waals surface area (Å²) < 4.78 is 0. The van der Waals surface area contributed by atoms with Crippen molar-refractivity contribution in [3.8, 4) is 0 Å². The summed E-state index contributed by atoms with van der Waals surface area (Å²) in [5, 5.41) is 0. The van der Waals surface area contributed by atoms with Gasteiger partial charge in [-0.05, 0) is 32.1 Å². The molecule has 1 aromatic rings. The number of ketones is 1. The van der Waals surface area contributed by atoms with Crippen LogP contribution in [0.5, 0.6) is 0 Å². The van der Waals surface area contributed by atoms with Gasteiger partial charge in [0, 0.05) is 6.20 Å². The van der Waals surface area contributed by atoms with Crippen LogP contribution in [0, 0.1) is 0 Å². The Morgan fingerprint density at radius 3 is 2.92 bits per heavy atom. The summed E-state index contributed by atoms with van der Waals surface area (Å²) in [5.74, 6) is 0.154. The molecule has 1 heterocycles. The fourth-order valence-corrected chi connectivity index (χ4v) is 1.29. The number of Topliss-reactive ketones (excluding diaryl/α,β-unsaturated/α-hetero) is 1. The molecule has 0 aliphatic carbocycles. The fourth-order valence-electron chi connectivity index (χ4n) is 1.29. The number of likely N-dealkylation sites (N-methyl/N-ethyl adjacent to an activating group) is 1. The molecule has 1 rings (SSSR count). The molecule has 3 heteroatoms. The van der Waals surface area contributed by atoms with Crippen LogP contribution in [-0.4, -0.2) is 35.8 Å². The molecule has 0 bridgehead atoms. The number of carbonyl (C=O) groups is 1. The Hall–Kier alpha value is -1.09. The first kappa shape index (κ1) is 9.99. The Bertz CT molecular complexity index is 254. The van der Waals surface area contributed by atoms with Gasteiger partial charge in [0.1, 0.15) is 0 Å². The predicted octanol–water partition coefficient (Wildman–Crippen LogP) is 1.54. The Kier molecular flexibility index (Phi) is 3.71. The Balaban J connectivity index is 2.42. The van der Waals surface area contributed by atoms with E-state index in [0.29, 0.717) is 12.2 Å². The third kappa shape index (κ3) is 3.03. The lowest BCUT2D eigenvalue weighted by Crippen LogP contribution is -2.26. The summed E-state index contributed by atoms with van der Waals surface area (Å²) in [7, 11) is 1.96. The van der Waals surface area contributed by atoms with Crippen molar-refractivity contribution in [1.82, 2.24) is 9.88 Å². The molecule has 0 fully saturated rings. The maximum Gasteiger partial charge on any atom is 0.192 e. The molecule has 0 amide bonds. The molecule has 0 aliphatic rings. The van der Waals surface area contributed by atoms with E-state index in [1.165, 1.54) is 0 Å². The van der Waals surface area contributed by atoms with Gasteiger partial charge in [-0.1, -0.05) is 6.92 Å². The molecule has 3 nitrogen and oxygen atoms in total. The number of H-pyrrole nitrogens is 1. The molecular weight excluding hydrogens is 164 g/mol. The maximum absolute atomic E-state index is 11.5. The van der Waals surface area contributed by atoms with Gasteiger partial charge in [-0.15, -0.1) is 0 Å². The van der Waals surface area contributed by atoms with E-state index in [2.05, 4.69) is 11.9 Å². The van der Waals surface area contributed by atoms with Crippen molar-refractivity contribution in [2.75, 3.05) is 20.1 Å². The Labute approximate surface area is 78.8 Å². The summed E-state index contributed by atoms with van der Waals surface area (Å²) >= 11 is 0. The zero-order valence-corrected chi connectivity index (χ0v) is 8.21. The average Bonchev–Trinajstić information content (AvgIpc) is 2.55. The van der Waals surface area contributed by atoms with Crippen molar-refractivity contribution in [3.05, 3.63) is 24.0 Å². The first-order chi connectivity index (χ1) is 6.24. The van der Waals surface area contributed by atoms with E-state index in [-0.39, 0.29) is 5.78 Å². The number of aromatic nitrogens is 1. The summed E-state index contributed by atoms with van der Waals surface area (Å²) in [6, 6.07) is 3.65. The summed E-state index contributed by atoms with van der Waals surface area (Å²) in [6.07, 6.45) is 2.85. The number of nitrogens with one attached hydrogen (secondary N) is 1. The Morgan fingerprint density at radius 1 is 1.62 bits per heavy atom. The van der Waals surface area contributed by atoms with Crippen molar-refractivity contribution < 1.29 is 4.79 Å². The lowest BCUT2D eigenvalue weighted by atomic mass is 10.2. The molecule has 0 spiro atoms. The first-order valence-electron chi connectivity index (χ1n) is 4.59. The van der Waals surface area contributed by atoms with Crippen LogP contribution in [0.3, 0.4) is 0 Å². The van der Waals surface area contributed by atoms with Gasteiger partial charge in [0.25, 0.3) is 0 Å². The highest BCUT2D eigenvalue weighted by molar-refractivity contribution is 5.95. The van der Waals surface area contributed by atoms with Gasteiger partial charge in [0.2, 0.25) is 0 Å². The number of rotatable bonds is 5. The molecule has 0 aliphatic heterocycles. The number of aromatic amines is 1. The highest BCUT2D eigenvalue weighted by Crippen LogP contribution is 1.98. The van der Waals surface area contributed by atoms with Gasteiger partial charge >= 0.3 is 0 Å². The van der Waals surface area contributed by atoms with Crippen LogP contribution in [0.4, 0.5) is 0 Å². The van der Waals surface area contributed by atoms with Crippen molar-refractivity contribution >= 4 is 5.78 Å². The molecule has 0 radical (unpaired) electrons. The molecular formula is C10H16N2O. The van der Waals surface area contributed by atoms with Crippen LogP contribution in [-0.2, 0) is 0 Å². The summed E-state index contributed by atoms with van der Waals surface area (Å²) in [4.78, 5) is 16.5. The zero-order valence-electron chi connectivity index (χ0n) is 8.21. The number of hydrogen-bond donors (Lipinski definition) is 1. The average molecular weight is 180 g/mol. The van der Waals surface area contributed by atoms with E-state index in [1.807, 2.05) is 24.1 Å². The predicted molar refractivity (Wildman–Crippen MR) is 52.9 cm³/mol. The van der Waals surface area contributed by atoms with Crippen LogP contribution >= 0.6 is 0 Å². The van der Waals surface area contributed by atoms with E-state index >= 15 is 0 Å². The Morgan fingerprint density at radius 2 is 2.38 bits per heavy atom. The lowest BCUT2D eigenvalue weighted by Gasteiger charge is -2.13. The highest BCUT2D eigenvalue weighted by atomic mass is 16.1. The fraction of sp³-hybridized carbons (Fsp3) is 0.500. The zero-order chi connectivity index (χ0) is 9.68. The molecule has 0 saturated carbocycles. The van der Waals surface area contributed by atoms with Crippen LogP contribution < -0.4 is 0 Å². The van der Waals surface area contributed by atoms with Crippen LogP contribution in [0.2, 0.25) is 0 Å². The second-order valence-electron chi connectivity index (χ2n) is 3.24. The minimum atomic E-state index is 0.154. The molecule has 0 unspecified atom stereocenters. The first-order valence-corrected chi connectivity index (χ1v) is 4.59. The standard InChI is InChI=1S/C10H16N2O/c1-3-7-12(2)8-10(13)9-5-4-6-11-9/h4-6,11H,3,7-8H2,1-2H3. The number of carbonyl (C=O) groups excluding carboxylic acids is 1. The van der Waals surface area contributed by atoms with E-state index in [0.717, 1.165) is 13.0 Å².